The quantitative estimate of drug-likeness (QED) is 0.681. The number of hydrogen-bond donors (Lipinski definition) is 2. The van der Waals surface area contributed by atoms with Crippen molar-refractivity contribution in [3.8, 4) is 0 Å². The molecule has 138 valence electrons. The molecule has 0 radical (unpaired) electrons. The van der Waals surface area contributed by atoms with E-state index in [4.69, 9.17) is 0 Å². The van der Waals surface area contributed by atoms with Crippen LogP contribution in [0, 0.1) is 0 Å². The van der Waals surface area contributed by atoms with Crippen LogP contribution in [0.2, 0.25) is 0 Å². The summed E-state index contributed by atoms with van der Waals surface area (Å²) in [5, 5.41) is 9.54. The van der Waals surface area contributed by atoms with Crippen LogP contribution in [0.3, 0.4) is 0 Å². The van der Waals surface area contributed by atoms with Crippen molar-refractivity contribution in [1.29, 1.82) is 0 Å². The van der Waals surface area contributed by atoms with E-state index < -0.39 is 17.4 Å². The summed E-state index contributed by atoms with van der Waals surface area (Å²) in [5.74, 6) is -1.15. The molecule has 1 aromatic carbocycles. The molecule has 0 aliphatic rings. The van der Waals surface area contributed by atoms with E-state index in [0.717, 1.165) is 11.1 Å². The zero-order chi connectivity index (χ0) is 19.3. The number of pyridine rings is 1. The molecule has 0 bridgehead atoms. The summed E-state index contributed by atoms with van der Waals surface area (Å²) in [4.78, 5) is 28.4. The smallest absolute Gasteiger partial charge is 0.314 e. The molecule has 7 nitrogen and oxygen atoms in total. The topological polar surface area (TPSA) is 88.9 Å². The zero-order valence-corrected chi connectivity index (χ0v) is 15.2. The van der Waals surface area contributed by atoms with E-state index in [2.05, 4.69) is 20.7 Å². The number of nitrogens with one attached hydrogen (secondary N) is 2. The molecule has 2 amide bonds. The van der Waals surface area contributed by atoms with E-state index in [0.29, 0.717) is 12.4 Å². The second kappa shape index (κ2) is 7.82. The lowest BCUT2D eigenvalue weighted by molar-refractivity contribution is -0.137. The first-order valence-electron chi connectivity index (χ1n) is 8.55. The lowest BCUT2D eigenvalue weighted by Crippen LogP contribution is -2.46. The Morgan fingerprint density at radius 2 is 1.70 bits per heavy atom. The number of carbonyl (C=O) groups is 2. The van der Waals surface area contributed by atoms with Gasteiger partial charge < -0.3 is 10.6 Å². The summed E-state index contributed by atoms with van der Waals surface area (Å²) in [6, 6.07) is 14.9. The highest BCUT2D eigenvalue weighted by Gasteiger charge is 2.26. The van der Waals surface area contributed by atoms with E-state index in [1.807, 2.05) is 56.3 Å². The highest BCUT2D eigenvalue weighted by molar-refractivity contribution is 6.39. The highest BCUT2D eigenvalue weighted by Crippen LogP contribution is 2.19. The van der Waals surface area contributed by atoms with Gasteiger partial charge in [0.1, 0.15) is 0 Å². The Morgan fingerprint density at radius 1 is 1.00 bits per heavy atom. The van der Waals surface area contributed by atoms with Gasteiger partial charge in [-0.25, -0.2) is 0 Å². The van der Waals surface area contributed by atoms with Crippen molar-refractivity contribution in [1.82, 2.24) is 20.1 Å². The molecule has 0 atom stereocenters. The molecule has 0 aliphatic heterocycles. The molecule has 2 heterocycles. The van der Waals surface area contributed by atoms with E-state index in [9.17, 15) is 9.59 Å². The molecular formula is C20H21N5O2. The first-order valence-corrected chi connectivity index (χ1v) is 8.55. The van der Waals surface area contributed by atoms with Gasteiger partial charge in [0.25, 0.3) is 0 Å². The highest BCUT2D eigenvalue weighted by atomic mass is 16.2. The van der Waals surface area contributed by atoms with Gasteiger partial charge in [-0.05, 0) is 37.1 Å². The van der Waals surface area contributed by atoms with Gasteiger partial charge in [-0.1, -0.05) is 30.3 Å². The minimum Gasteiger partial charge on any atom is -0.339 e. The predicted molar refractivity (Wildman–Crippen MR) is 102 cm³/mol. The molecule has 0 saturated heterocycles. The third-order valence-corrected chi connectivity index (χ3v) is 4.10. The maximum absolute atomic E-state index is 12.3. The number of benzene rings is 1. The number of hydrogen-bond acceptors (Lipinski definition) is 4. The molecule has 2 N–H and O–H groups in total. The van der Waals surface area contributed by atoms with Gasteiger partial charge in [-0.2, -0.15) is 5.10 Å². The fourth-order valence-electron chi connectivity index (χ4n) is 2.63. The van der Waals surface area contributed by atoms with E-state index in [1.54, 1.807) is 29.3 Å². The molecule has 0 fully saturated rings. The minimum atomic E-state index is -0.756. The second-order valence-corrected chi connectivity index (χ2v) is 6.65. The Balaban J connectivity index is 1.59. The SMILES string of the molecule is CC(C)(NC(=O)C(=O)Nc1ccn(Cc2ccncc2)n1)c1ccccc1. The zero-order valence-electron chi connectivity index (χ0n) is 15.2. The van der Waals surface area contributed by atoms with Crippen LogP contribution in [0.25, 0.3) is 0 Å². The first-order chi connectivity index (χ1) is 12.9. The summed E-state index contributed by atoms with van der Waals surface area (Å²) in [6.45, 7) is 4.24. The van der Waals surface area contributed by atoms with Crippen LogP contribution < -0.4 is 10.6 Å². The first kappa shape index (κ1) is 18.3. The van der Waals surface area contributed by atoms with Gasteiger partial charge in [0.15, 0.2) is 5.82 Å². The van der Waals surface area contributed by atoms with Crippen LogP contribution >= 0.6 is 0 Å². The maximum Gasteiger partial charge on any atom is 0.314 e. The van der Waals surface area contributed by atoms with Gasteiger partial charge in [-0.15, -0.1) is 0 Å². The molecule has 0 spiro atoms. The largest absolute Gasteiger partial charge is 0.339 e. The predicted octanol–water partition coefficient (Wildman–Crippen LogP) is 2.32. The van der Waals surface area contributed by atoms with E-state index in [1.165, 1.54) is 0 Å². The lowest BCUT2D eigenvalue weighted by atomic mass is 9.94. The average molecular weight is 363 g/mol. The molecule has 27 heavy (non-hydrogen) atoms. The fourth-order valence-corrected chi connectivity index (χ4v) is 2.63. The minimum absolute atomic E-state index is 0.321. The number of carbonyl (C=O) groups excluding carboxylic acids is 2. The normalized spacial score (nSPS) is 11.0. The van der Waals surface area contributed by atoms with E-state index in [-0.39, 0.29) is 0 Å². The van der Waals surface area contributed by atoms with Crippen molar-refractivity contribution in [3.63, 3.8) is 0 Å². The summed E-state index contributed by atoms with van der Waals surface area (Å²) in [7, 11) is 0. The van der Waals surface area contributed by atoms with Crippen molar-refractivity contribution in [2.75, 3.05) is 5.32 Å². The summed E-state index contributed by atoms with van der Waals surface area (Å²) >= 11 is 0. The summed E-state index contributed by atoms with van der Waals surface area (Å²) < 4.78 is 1.68. The molecule has 0 aliphatic carbocycles. The van der Waals surface area contributed by atoms with Crippen LogP contribution in [0.1, 0.15) is 25.0 Å². The van der Waals surface area contributed by atoms with Gasteiger partial charge in [0, 0.05) is 24.7 Å². The molecule has 0 saturated carbocycles. The maximum atomic E-state index is 12.3. The van der Waals surface area contributed by atoms with Crippen molar-refractivity contribution >= 4 is 17.6 Å². The molecule has 3 aromatic rings. The molecule has 0 unspecified atom stereocenters. The Morgan fingerprint density at radius 3 is 2.41 bits per heavy atom. The average Bonchev–Trinajstić information content (AvgIpc) is 3.09. The number of anilines is 1. The van der Waals surface area contributed by atoms with Crippen molar-refractivity contribution in [3.05, 3.63) is 78.2 Å². The van der Waals surface area contributed by atoms with Gasteiger partial charge in [0.05, 0.1) is 12.1 Å². The Bertz CT molecular complexity index is 920. The standard InChI is InChI=1S/C20H21N5O2/c1-20(2,16-6-4-3-5-7-16)23-19(27)18(26)22-17-10-13-25(24-17)14-15-8-11-21-12-9-15/h3-13H,14H2,1-2H3,(H,23,27)(H,22,24,26). The number of nitrogens with zero attached hydrogens (tertiary/aromatic N) is 3. The molecule has 7 heteroatoms. The van der Waals surface area contributed by atoms with Crippen LogP contribution in [-0.2, 0) is 21.7 Å². The Hall–Kier alpha value is -3.48. The van der Waals surface area contributed by atoms with Gasteiger partial charge in [-0.3, -0.25) is 19.3 Å². The molecule has 3 rings (SSSR count). The van der Waals surface area contributed by atoms with Crippen LogP contribution in [0.5, 0.6) is 0 Å². The van der Waals surface area contributed by atoms with Gasteiger partial charge >= 0.3 is 11.8 Å². The molecule has 2 aromatic heterocycles. The van der Waals surface area contributed by atoms with Crippen molar-refractivity contribution < 1.29 is 9.59 Å². The summed E-state index contributed by atoms with van der Waals surface area (Å²) in [6.07, 6.45) is 5.16. The monoisotopic (exact) mass is 363 g/mol. The second-order valence-electron chi connectivity index (χ2n) is 6.65. The van der Waals surface area contributed by atoms with Crippen LogP contribution in [0.15, 0.2) is 67.1 Å². The number of amides is 2. The van der Waals surface area contributed by atoms with Crippen molar-refractivity contribution in [2.45, 2.75) is 25.9 Å². The van der Waals surface area contributed by atoms with Crippen LogP contribution in [-0.4, -0.2) is 26.6 Å². The fraction of sp³-hybridized carbons (Fsp3) is 0.200. The third kappa shape index (κ3) is 4.78. The number of aromatic nitrogens is 3. The number of rotatable bonds is 5. The molecular weight excluding hydrogens is 342 g/mol. The Labute approximate surface area is 157 Å². The summed E-state index contributed by atoms with van der Waals surface area (Å²) in [5.41, 5.74) is 1.28. The van der Waals surface area contributed by atoms with Gasteiger partial charge in [0.2, 0.25) is 0 Å². The third-order valence-electron chi connectivity index (χ3n) is 4.10. The lowest BCUT2D eigenvalue weighted by Gasteiger charge is -2.26. The van der Waals surface area contributed by atoms with Crippen LogP contribution in [0.4, 0.5) is 5.82 Å². The Kier molecular flexibility index (Phi) is 5.30. The van der Waals surface area contributed by atoms with Crippen molar-refractivity contribution in [2.24, 2.45) is 0 Å². The van der Waals surface area contributed by atoms with E-state index >= 15 is 0 Å².